The fraction of sp³-hybridized carbons (Fsp3) is 0. The number of anilines is 3. The molecule has 0 saturated carbocycles. The van der Waals surface area contributed by atoms with Gasteiger partial charge in [-0.3, -0.25) is 0 Å². The van der Waals surface area contributed by atoms with Crippen LogP contribution in [0, 0.1) is 0 Å². The van der Waals surface area contributed by atoms with Gasteiger partial charge in [0, 0.05) is 22.3 Å². The Hall–Kier alpha value is -2.66. The fourth-order valence-electron chi connectivity index (χ4n) is 1.82. The molecule has 0 fully saturated rings. The minimum Gasteiger partial charge on any atom is -0.506 e. The molecule has 2 aromatic carbocycles. The zero-order chi connectivity index (χ0) is 14.8. The number of aromatic nitrogens is 1. The van der Waals surface area contributed by atoms with Crippen LogP contribution in [0.5, 0.6) is 5.75 Å². The Morgan fingerprint density at radius 1 is 1.14 bits per heavy atom. The van der Waals surface area contributed by atoms with E-state index in [1.807, 2.05) is 12.1 Å². The van der Waals surface area contributed by atoms with E-state index in [4.69, 9.17) is 21.8 Å². The van der Waals surface area contributed by atoms with Crippen LogP contribution in [0.2, 0.25) is 5.02 Å². The van der Waals surface area contributed by atoms with E-state index in [9.17, 15) is 5.11 Å². The number of nitrogens with zero attached hydrogens (tertiary/aromatic N) is 1. The molecule has 0 saturated heterocycles. The second-order valence-electron chi connectivity index (χ2n) is 4.44. The first-order chi connectivity index (χ1) is 10.1. The predicted molar refractivity (Wildman–Crippen MR) is 82.8 cm³/mol. The maximum absolute atomic E-state index is 9.56. The Bertz CT molecular complexity index is 769. The average molecular weight is 302 g/mol. The molecule has 4 N–H and O–H groups in total. The molecule has 0 radical (unpaired) electrons. The summed E-state index contributed by atoms with van der Waals surface area (Å²) in [5, 5.41) is 13.2. The van der Waals surface area contributed by atoms with Gasteiger partial charge in [-0.25, -0.2) is 4.98 Å². The zero-order valence-electron chi connectivity index (χ0n) is 10.9. The maximum atomic E-state index is 9.56. The Morgan fingerprint density at radius 2 is 1.90 bits per heavy atom. The highest BCUT2D eigenvalue weighted by Crippen LogP contribution is 2.28. The summed E-state index contributed by atoms with van der Waals surface area (Å²) in [6.07, 6.45) is 1.61. The maximum Gasteiger partial charge on any atom is 0.299 e. The van der Waals surface area contributed by atoms with Crippen molar-refractivity contribution in [2.75, 3.05) is 11.1 Å². The summed E-state index contributed by atoms with van der Waals surface area (Å²) in [5.41, 5.74) is 7.37. The number of rotatable bonds is 3. The number of benzene rings is 2. The first-order valence-corrected chi connectivity index (χ1v) is 6.57. The van der Waals surface area contributed by atoms with Gasteiger partial charge in [-0.1, -0.05) is 11.6 Å². The van der Waals surface area contributed by atoms with Gasteiger partial charge in [0.15, 0.2) is 5.76 Å². The third-order valence-corrected chi connectivity index (χ3v) is 3.17. The highest BCUT2D eigenvalue weighted by molar-refractivity contribution is 6.30. The topological polar surface area (TPSA) is 84.3 Å². The molecule has 106 valence electrons. The third kappa shape index (κ3) is 2.93. The van der Waals surface area contributed by atoms with Crippen LogP contribution in [0.25, 0.3) is 11.3 Å². The molecule has 3 aromatic rings. The second-order valence-corrected chi connectivity index (χ2v) is 4.87. The molecule has 0 aliphatic heterocycles. The van der Waals surface area contributed by atoms with E-state index in [1.54, 1.807) is 30.5 Å². The van der Waals surface area contributed by atoms with Crippen molar-refractivity contribution < 1.29 is 9.52 Å². The molecule has 0 aliphatic carbocycles. The molecular formula is C15H12ClN3O2. The number of phenols is 1. The molecule has 1 aromatic heterocycles. The molecule has 0 unspecified atom stereocenters. The Balaban J connectivity index is 1.81. The van der Waals surface area contributed by atoms with E-state index in [1.165, 1.54) is 6.07 Å². The molecule has 6 heteroatoms. The van der Waals surface area contributed by atoms with Gasteiger partial charge in [0.2, 0.25) is 0 Å². The summed E-state index contributed by atoms with van der Waals surface area (Å²) >= 11 is 5.85. The van der Waals surface area contributed by atoms with Crippen LogP contribution in [0.4, 0.5) is 17.4 Å². The van der Waals surface area contributed by atoms with E-state index < -0.39 is 0 Å². The SMILES string of the molecule is Nc1ccc(Nc2ncc(-c3ccc(Cl)cc3)o2)cc1O. The van der Waals surface area contributed by atoms with Crippen molar-refractivity contribution >= 4 is 29.0 Å². The first kappa shape index (κ1) is 13.3. The first-order valence-electron chi connectivity index (χ1n) is 6.19. The van der Waals surface area contributed by atoms with Crippen LogP contribution in [-0.2, 0) is 0 Å². The Morgan fingerprint density at radius 3 is 2.62 bits per heavy atom. The number of aromatic hydroxyl groups is 1. The number of nitrogens with two attached hydrogens (primary N) is 1. The third-order valence-electron chi connectivity index (χ3n) is 2.92. The summed E-state index contributed by atoms with van der Waals surface area (Å²) in [7, 11) is 0. The largest absolute Gasteiger partial charge is 0.506 e. The van der Waals surface area contributed by atoms with Crippen LogP contribution in [0.3, 0.4) is 0 Å². The van der Waals surface area contributed by atoms with Gasteiger partial charge < -0.3 is 20.6 Å². The monoisotopic (exact) mass is 301 g/mol. The Labute approximate surface area is 126 Å². The summed E-state index contributed by atoms with van der Waals surface area (Å²) in [5.74, 6) is 0.623. The Kier molecular flexibility index (Phi) is 3.41. The molecule has 3 rings (SSSR count). The highest BCUT2D eigenvalue weighted by Gasteiger charge is 2.07. The van der Waals surface area contributed by atoms with E-state index in [0.29, 0.717) is 28.2 Å². The van der Waals surface area contributed by atoms with Crippen molar-refractivity contribution in [2.24, 2.45) is 0 Å². The van der Waals surface area contributed by atoms with E-state index in [2.05, 4.69) is 10.3 Å². The summed E-state index contributed by atoms with van der Waals surface area (Å²) < 4.78 is 5.61. The molecule has 21 heavy (non-hydrogen) atoms. The van der Waals surface area contributed by atoms with Crippen LogP contribution < -0.4 is 11.1 Å². The van der Waals surface area contributed by atoms with E-state index >= 15 is 0 Å². The number of hydrogen-bond donors (Lipinski definition) is 3. The number of phenolic OH excluding ortho intramolecular Hbond substituents is 1. The molecule has 0 amide bonds. The van der Waals surface area contributed by atoms with Crippen molar-refractivity contribution in [3.05, 3.63) is 53.7 Å². The molecule has 0 atom stereocenters. The number of nitrogens with one attached hydrogen (secondary N) is 1. The molecule has 0 spiro atoms. The predicted octanol–water partition coefficient (Wildman–Crippen LogP) is 4.03. The summed E-state index contributed by atoms with van der Waals surface area (Å²) in [4.78, 5) is 4.14. The van der Waals surface area contributed by atoms with Crippen molar-refractivity contribution in [1.29, 1.82) is 0 Å². The molecule has 0 aliphatic rings. The van der Waals surface area contributed by atoms with Crippen molar-refractivity contribution in [3.8, 4) is 17.1 Å². The number of oxazole rings is 1. The van der Waals surface area contributed by atoms with Gasteiger partial charge in [-0.15, -0.1) is 0 Å². The molecular weight excluding hydrogens is 290 g/mol. The van der Waals surface area contributed by atoms with E-state index in [0.717, 1.165) is 5.56 Å². The minimum atomic E-state index is 0.00415. The molecule has 5 nitrogen and oxygen atoms in total. The fourth-order valence-corrected chi connectivity index (χ4v) is 1.95. The van der Waals surface area contributed by atoms with Gasteiger partial charge in [-0.2, -0.15) is 0 Å². The average Bonchev–Trinajstić information content (AvgIpc) is 2.92. The lowest BCUT2D eigenvalue weighted by atomic mass is 10.2. The van der Waals surface area contributed by atoms with E-state index in [-0.39, 0.29) is 5.75 Å². The van der Waals surface area contributed by atoms with Gasteiger partial charge >= 0.3 is 0 Å². The van der Waals surface area contributed by atoms with Crippen molar-refractivity contribution in [3.63, 3.8) is 0 Å². The summed E-state index contributed by atoms with van der Waals surface area (Å²) in [6.45, 7) is 0. The number of hydrogen-bond acceptors (Lipinski definition) is 5. The van der Waals surface area contributed by atoms with Crippen LogP contribution >= 0.6 is 11.6 Å². The van der Waals surface area contributed by atoms with Gasteiger partial charge in [0.25, 0.3) is 6.01 Å². The lowest BCUT2D eigenvalue weighted by Gasteiger charge is -2.04. The van der Waals surface area contributed by atoms with Gasteiger partial charge in [0.1, 0.15) is 5.75 Å². The molecule has 1 heterocycles. The normalized spacial score (nSPS) is 10.5. The van der Waals surface area contributed by atoms with Crippen LogP contribution in [-0.4, -0.2) is 10.1 Å². The van der Waals surface area contributed by atoms with Gasteiger partial charge in [-0.05, 0) is 36.4 Å². The summed E-state index contributed by atoms with van der Waals surface area (Å²) in [6, 6.07) is 12.4. The smallest absolute Gasteiger partial charge is 0.299 e. The number of halogens is 1. The highest BCUT2D eigenvalue weighted by atomic mass is 35.5. The van der Waals surface area contributed by atoms with Gasteiger partial charge in [0.05, 0.1) is 11.9 Å². The van der Waals surface area contributed by atoms with Crippen LogP contribution in [0.15, 0.2) is 53.1 Å². The lowest BCUT2D eigenvalue weighted by Crippen LogP contribution is -1.91. The standard InChI is InChI=1S/C15H12ClN3O2/c16-10-3-1-9(2-4-10)14-8-18-15(21-14)19-11-5-6-12(17)13(20)7-11/h1-8,20H,17H2,(H,18,19). The zero-order valence-corrected chi connectivity index (χ0v) is 11.6. The lowest BCUT2D eigenvalue weighted by molar-refractivity contribution is 0.478. The van der Waals surface area contributed by atoms with Crippen molar-refractivity contribution in [2.45, 2.75) is 0 Å². The molecule has 0 bridgehead atoms. The second kappa shape index (κ2) is 5.38. The minimum absolute atomic E-state index is 0.00415. The quantitative estimate of drug-likeness (QED) is 0.502. The number of nitrogen functional groups attached to an aromatic ring is 1. The van der Waals surface area contributed by atoms with Crippen LogP contribution in [0.1, 0.15) is 0 Å². The van der Waals surface area contributed by atoms with Crippen molar-refractivity contribution in [1.82, 2.24) is 4.98 Å².